The van der Waals surface area contributed by atoms with E-state index in [0.29, 0.717) is 36.0 Å². The largest absolute Gasteiger partial charge is 0.353 e. The van der Waals surface area contributed by atoms with Gasteiger partial charge in [0.2, 0.25) is 5.91 Å². The van der Waals surface area contributed by atoms with Crippen LogP contribution < -0.4 is 16.6 Å². The lowest BCUT2D eigenvalue weighted by molar-refractivity contribution is -0.122. The summed E-state index contributed by atoms with van der Waals surface area (Å²) in [6, 6.07) is 3.80. The zero-order valence-electron chi connectivity index (χ0n) is 15.8. The van der Waals surface area contributed by atoms with Crippen LogP contribution >= 0.6 is 24.8 Å². The minimum absolute atomic E-state index is 0. The predicted octanol–water partition coefficient (Wildman–Crippen LogP) is 2.16. The average Bonchev–Trinajstić information content (AvgIpc) is 3.08. The lowest BCUT2D eigenvalue weighted by Gasteiger charge is -2.19. The molecule has 0 aromatic carbocycles. The second kappa shape index (κ2) is 11.1. The van der Waals surface area contributed by atoms with Crippen molar-refractivity contribution in [3.63, 3.8) is 0 Å². The molecule has 28 heavy (non-hydrogen) atoms. The van der Waals surface area contributed by atoms with Crippen molar-refractivity contribution in [2.75, 3.05) is 6.54 Å². The predicted molar refractivity (Wildman–Crippen MR) is 114 cm³/mol. The molecule has 1 fully saturated rings. The minimum atomic E-state index is -0.204. The lowest BCUT2D eigenvalue weighted by atomic mass is 10.0. The SMILES string of the molecule is Cc1nc(-c2cccnc2)[nH]c(=O)c1CCC(=O)NC1CCCC1CN.Cl.Cl. The molecule has 2 aromatic rings. The van der Waals surface area contributed by atoms with Crippen LogP contribution in [0.1, 0.15) is 36.9 Å². The number of aromatic nitrogens is 3. The van der Waals surface area contributed by atoms with E-state index in [2.05, 4.69) is 20.3 Å². The first-order chi connectivity index (χ1) is 12.6. The molecule has 1 amide bonds. The van der Waals surface area contributed by atoms with Crippen molar-refractivity contribution in [2.24, 2.45) is 11.7 Å². The molecule has 2 aromatic heterocycles. The maximum atomic E-state index is 12.4. The molecule has 2 unspecified atom stereocenters. The third-order valence-corrected chi connectivity index (χ3v) is 5.07. The van der Waals surface area contributed by atoms with E-state index in [-0.39, 0.29) is 48.7 Å². The maximum absolute atomic E-state index is 12.4. The number of aryl methyl sites for hydroxylation is 1. The zero-order chi connectivity index (χ0) is 18.5. The molecule has 154 valence electrons. The molecule has 3 rings (SSSR count). The van der Waals surface area contributed by atoms with Crippen LogP contribution in [0, 0.1) is 12.8 Å². The van der Waals surface area contributed by atoms with Crippen molar-refractivity contribution in [3.8, 4) is 11.4 Å². The first-order valence-corrected chi connectivity index (χ1v) is 9.08. The molecule has 4 N–H and O–H groups in total. The van der Waals surface area contributed by atoms with Crippen LogP contribution in [0.2, 0.25) is 0 Å². The maximum Gasteiger partial charge on any atom is 0.254 e. The number of carbonyl (C=O) groups is 1. The molecule has 0 aliphatic heterocycles. The van der Waals surface area contributed by atoms with Gasteiger partial charge < -0.3 is 16.0 Å². The second-order valence-corrected chi connectivity index (χ2v) is 6.82. The molecule has 2 heterocycles. The molecule has 0 bridgehead atoms. The normalized spacial score (nSPS) is 18.1. The number of nitrogens with one attached hydrogen (secondary N) is 2. The molecule has 1 saturated carbocycles. The summed E-state index contributed by atoms with van der Waals surface area (Å²) in [5.41, 5.74) is 7.50. The highest BCUT2D eigenvalue weighted by molar-refractivity contribution is 5.85. The van der Waals surface area contributed by atoms with E-state index in [1.54, 1.807) is 25.4 Å². The Morgan fingerprint density at radius 2 is 2.14 bits per heavy atom. The summed E-state index contributed by atoms with van der Waals surface area (Å²) in [6.07, 6.45) is 7.11. The molecule has 9 heteroatoms. The molecular weight excluding hydrogens is 401 g/mol. The molecule has 2 atom stereocenters. The van der Waals surface area contributed by atoms with Crippen molar-refractivity contribution >= 4 is 30.7 Å². The molecule has 0 saturated heterocycles. The Hall–Kier alpha value is -1.96. The summed E-state index contributed by atoms with van der Waals surface area (Å²) in [5, 5.41) is 3.07. The summed E-state index contributed by atoms with van der Waals surface area (Å²) < 4.78 is 0. The highest BCUT2D eigenvalue weighted by Gasteiger charge is 2.27. The number of amides is 1. The highest BCUT2D eigenvalue weighted by Crippen LogP contribution is 2.24. The Kier molecular flexibility index (Phi) is 9.58. The minimum Gasteiger partial charge on any atom is -0.353 e. The van der Waals surface area contributed by atoms with Crippen LogP contribution in [0.3, 0.4) is 0 Å². The Morgan fingerprint density at radius 1 is 1.36 bits per heavy atom. The highest BCUT2D eigenvalue weighted by atomic mass is 35.5. The molecule has 1 aliphatic carbocycles. The third-order valence-electron chi connectivity index (χ3n) is 5.07. The van der Waals surface area contributed by atoms with Gasteiger partial charge in [0, 0.05) is 41.7 Å². The summed E-state index contributed by atoms with van der Waals surface area (Å²) in [6.45, 7) is 2.40. The number of hydrogen-bond acceptors (Lipinski definition) is 5. The average molecular weight is 428 g/mol. The summed E-state index contributed by atoms with van der Waals surface area (Å²) in [7, 11) is 0. The smallest absolute Gasteiger partial charge is 0.254 e. The fourth-order valence-electron chi connectivity index (χ4n) is 3.57. The Morgan fingerprint density at radius 3 is 2.79 bits per heavy atom. The van der Waals surface area contributed by atoms with E-state index in [0.717, 1.165) is 24.8 Å². The number of carbonyl (C=O) groups excluding carboxylic acids is 1. The number of halogens is 2. The van der Waals surface area contributed by atoms with Crippen LogP contribution in [-0.4, -0.2) is 33.4 Å². The molecule has 1 aliphatic rings. The van der Waals surface area contributed by atoms with Gasteiger partial charge in [-0.2, -0.15) is 0 Å². The number of pyridine rings is 1. The second-order valence-electron chi connectivity index (χ2n) is 6.82. The summed E-state index contributed by atoms with van der Waals surface area (Å²) in [4.78, 5) is 36.0. The van der Waals surface area contributed by atoms with Gasteiger partial charge in [-0.3, -0.25) is 14.6 Å². The van der Waals surface area contributed by atoms with Gasteiger partial charge in [-0.25, -0.2) is 4.98 Å². The van der Waals surface area contributed by atoms with Crippen LogP contribution in [0.25, 0.3) is 11.4 Å². The third kappa shape index (κ3) is 5.77. The molecule has 0 radical (unpaired) electrons. The Bertz CT molecular complexity index is 829. The number of H-pyrrole nitrogens is 1. The van der Waals surface area contributed by atoms with E-state index in [4.69, 9.17) is 5.73 Å². The van der Waals surface area contributed by atoms with Crippen LogP contribution in [0.5, 0.6) is 0 Å². The van der Waals surface area contributed by atoms with Crippen LogP contribution in [0.15, 0.2) is 29.3 Å². The van der Waals surface area contributed by atoms with Crippen LogP contribution in [-0.2, 0) is 11.2 Å². The van der Waals surface area contributed by atoms with Gasteiger partial charge in [0.25, 0.3) is 5.56 Å². The quantitative estimate of drug-likeness (QED) is 0.653. The Labute approximate surface area is 176 Å². The van der Waals surface area contributed by atoms with Gasteiger partial charge >= 0.3 is 0 Å². The van der Waals surface area contributed by atoms with Gasteiger partial charge in [0.15, 0.2) is 0 Å². The molecule has 7 nitrogen and oxygen atoms in total. The number of aromatic amines is 1. The van der Waals surface area contributed by atoms with E-state index in [9.17, 15) is 9.59 Å². The van der Waals surface area contributed by atoms with Crippen molar-refractivity contribution in [2.45, 2.75) is 45.1 Å². The van der Waals surface area contributed by atoms with E-state index < -0.39 is 0 Å². The van der Waals surface area contributed by atoms with Gasteiger partial charge in [0.05, 0.1) is 0 Å². The number of nitrogens with zero attached hydrogens (tertiary/aromatic N) is 2. The van der Waals surface area contributed by atoms with Gasteiger partial charge in [0.1, 0.15) is 5.82 Å². The van der Waals surface area contributed by atoms with Crippen molar-refractivity contribution in [3.05, 3.63) is 46.1 Å². The van der Waals surface area contributed by atoms with E-state index in [1.807, 2.05) is 6.07 Å². The summed E-state index contributed by atoms with van der Waals surface area (Å²) in [5.74, 6) is 0.820. The van der Waals surface area contributed by atoms with Crippen molar-refractivity contribution in [1.29, 1.82) is 0 Å². The Balaban J connectivity index is 0.00000196. The lowest BCUT2D eigenvalue weighted by Crippen LogP contribution is -2.40. The zero-order valence-corrected chi connectivity index (χ0v) is 17.4. The van der Waals surface area contributed by atoms with Gasteiger partial charge in [-0.15, -0.1) is 24.8 Å². The molecular formula is C19H27Cl2N5O2. The number of rotatable bonds is 6. The molecule has 0 spiro atoms. The van der Waals surface area contributed by atoms with Crippen molar-refractivity contribution < 1.29 is 4.79 Å². The first kappa shape index (κ1) is 24.1. The van der Waals surface area contributed by atoms with Crippen molar-refractivity contribution in [1.82, 2.24) is 20.3 Å². The van der Waals surface area contributed by atoms with Gasteiger partial charge in [-0.05, 0) is 50.8 Å². The first-order valence-electron chi connectivity index (χ1n) is 9.08. The van der Waals surface area contributed by atoms with E-state index in [1.165, 1.54) is 0 Å². The fourth-order valence-corrected chi connectivity index (χ4v) is 3.57. The monoisotopic (exact) mass is 427 g/mol. The topological polar surface area (TPSA) is 114 Å². The fraction of sp³-hybridized carbons (Fsp3) is 0.474. The number of hydrogen-bond donors (Lipinski definition) is 3. The standard InChI is InChI=1S/C19H25N5O2.2ClH/c1-12-15(7-8-17(25)23-16-6-2-4-13(16)10-20)19(26)24-18(22-12)14-5-3-9-21-11-14;;/h3,5,9,11,13,16H,2,4,6-8,10,20H2,1H3,(H,23,25)(H,22,24,26);2*1H. The van der Waals surface area contributed by atoms with Crippen LogP contribution in [0.4, 0.5) is 0 Å². The van der Waals surface area contributed by atoms with Gasteiger partial charge in [-0.1, -0.05) is 6.42 Å². The number of nitrogens with two attached hydrogens (primary N) is 1. The summed E-state index contributed by atoms with van der Waals surface area (Å²) >= 11 is 0. The van der Waals surface area contributed by atoms with E-state index >= 15 is 0 Å².